The van der Waals surface area contributed by atoms with Crippen molar-refractivity contribution in [3.05, 3.63) is 0 Å². The first-order valence-electron chi connectivity index (χ1n) is 11.5. The molecule has 4 nitrogen and oxygen atoms in total. The van der Waals surface area contributed by atoms with Gasteiger partial charge in [-0.2, -0.15) is 0 Å². The van der Waals surface area contributed by atoms with Crippen LogP contribution in [-0.4, -0.2) is 38.0 Å². The number of hydrogen-bond acceptors (Lipinski definition) is 4. The molecule has 2 saturated heterocycles. The standard InChI is InChI=1S/C23H36O4/c1-20-6-3-4-17(20)19-18(5-7-20)21(2)8-9-22(24-10-11-25-22)14-16(21)15-23(19)26-12-13-27-23/h16-19H,3-15H2,1-2H3/t16-,17?,18?,19?,20?,21?/m1/s1. The highest BCUT2D eigenvalue weighted by Crippen LogP contribution is 2.70. The van der Waals surface area contributed by atoms with Crippen LogP contribution >= 0.6 is 0 Å². The molecule has 0 aromatic heterocycles. The fraction of sp³-hybridized carbons (Fsp3) is 1.00. The highest BCUT2D eigenvalue weighted by molar-refractivity contribution is 5.14. The summed E-state index contributed by atoms with van der Waals surface area (Å²) in [4.78, 5) is 0. The van der Waals surface area contributed by atoms with Gasteiger partial charge >= 0.3 is 0 Å². The van der Waals surface area contributed by atoms with Gasteiger partial charge in [-0.1, -0.05) is 20.3 Å². The molecule has 0 aromatic rings. The summed E-state index contributed by atoms with van der Waals surface area (Å²) in [6.45, 7) is 8.22. The van der Waals surface area contributed by atoms with Gasteiger partial charge in [-0.3, -0.25) is 0 Å². The second kappa shape index (κ2) is 5.71. The molecule has 6 rings (SSSR count). The molecule has 0 bridgehead atoms. The fourth-order valence-corrected chi connectivity index (χ4v) is 8.67. The molecule has 0 aromatic carbocycles. The highest BCUT2D eigenvalue weighted by atomic mass is 16.7. The van der Waals surface area contributed by atoms with Crippen LogP contribution in [0, 0.1) is 34.5 Å². The third kappa shape index (κ3) is 2.30. The molecule has 27 heavy (non-hydrogen) atoms. The number of ether oxygens (including phenoxy) is 4. The van der Waals surface area contributed by atoms with E-state index in [1.807, 2.05) is 0 Å². The summed E-state index contributed by atoms with van der Waals surface area (Å²) in [5.74, 6) is 2.03. The minimum atomic E-state index is -0.331. The Bertz CT molecular complexity index is 607. The molecule has 6 atom stereocenters. The van der Waals surface area contributed by atoms with Gasteiger partial charge < -0.3 is 18.9 Å². The Morgan fingerprint density at radius 1 is 0.704 bits per heavy atom. The average Bonchev–Trinajstić information content (AvgIpc) is 3.37. The topological polar surface area (TPSA) is 36.9 Å². The SMILES string of the molecule is CC12CCCC1C1C(CC2)C2(C)CCC3(C[C@@H]2CC12OCCO2)OCCO3. The Balaban J connectivity index is 1.40. The van der Waals surface area contributed by atoms with Crippen molar-refractivity contribution >= 4 is 0 Å². The van der Waals surface area contributed by atoms with E-state index < -0.39 is 0 Å². The summed E-state index contributed by atoms with van der Waals surface area (Å²) in [7, 11) is 0. The first-order chi connectivity index (χ1) is 13.0. The fourth-order valence-electron chi connectivity index (χ4n) is 8.67. The predicted octanol–water partition coefficient (Wildman–Crippen LogP) is 4.52. The molecule has 6 aliphatic rings. The molecular formula is C23H36O4. The molecule has 0 amide bonds. The van der Waals surface area contributed by atoms with Gasteiger partial charge in [-0.25, -0.2) is 0 Å². The Morgan fingerprint density at radius 2 is 1.44 bits per heavy atom. The zero-order chi connectivity index (χ0) is 18.3. The lowest BCUT2D eigenvalue weighted by molar-refractivity contribution is -0.314. The van der Waals surface area contributed by atoms with Gasteiger partial charge in [0.2, 0.25) is 0 Å². The summed E-state index contributed by atoms with van der Waals surface area (Å²) in [6, 6.07) is 0. The van der Waals surface area contributed by atoms with Crippen LogP contribution in [0.1, 0.15) is 71.6 Å². The molecule has 2 aliphatic heterocycles. The predicted molar refractivity (Wildman–Crippen MR) is 101 cm³/mol. The minimum absolute atomic E-state index is 0.312. The van der Waals surface area contributed by atoms with Crippen molar-refractivity contribution in [2.75, 3.05) is 26.4 Å². The van der Waals surface area contributed by atoms with Gasteiger partial charge in [0.25, 0.3) is 0 Å². The normalized spacial score (nSPS) is 52.7. The zero-order valence-electron chi connectivity index (χ0n) is 17.1. The lowest BCUT2D eigenvalue weighted by Gasteiger charge is -2.65. The average molecular weight is 377 g/mol. The third-order valence-electron chi connectivity index (χ3n) is 10.1. The molecule has 0 radical (unpaired) electrons. The van der Waals surface area contributed by atoms with Gasteiger partial charge in [0.15, 0.2) is 11.6 Å². The largest absolute Gasteiger partial charge is 0.348 e. The van der Waals surface area contributed by atoms with Crippen molar-refractivity contribution in [3.8, 4) is 0 Å². The van der Waals surface area contributed by atoms with E-state index in [4.69, 9.17) is 18.9 Å². The van der Waals surface area contributed by atoms with Crippen LogP contribution in [0.2, 0.25) is 0 Å². The quantitative estimate of drug-likeness (QED) is 0.623. The van der Waals surface area contributed by atoms with Crippen molar-refractivity contribution in [3.63, 3.8) is 0 Å². The Kier molecular flexibility index (Phi) is 3.74. The number of fused-ring (bicyclic) bond motifs is 6. The van der Waals surface area contributed by atoms with Crippen molar-refractivity contribution in [2.24, 2.45) is 34.5 Å². The maximum atomic E-state index is 6.55. The Morgan fingerprint density at radius 3 is 2.22 bits per heavy atom. The van der Waals surface area contributed by atoms with E-state index in [1.165, 1.54) is 38.5 Å². The second-order valence-corrected chi connectivity index (χ2v) is 11.1. The van der Waals surface area contributed by atoms with E-state index in [0.29, 0.717) is 22.7 Å². The minimum Gasteiger partial charge on any atom is -0.348 e. The van der Waals surface area contributed by atoms with Crippen molar-refractivity contribution in [2.45, 2.75) is 83.2 Å². The van der Waals surface area contributed by atoms with Crippen molar-refractivity contribution in [1.29, 1.82) is 0 Å². The van der Waals surface area contributed by atoms with Gasteiger partial charge in [-0.15, -0.1) is 0 Å². The van der Waals surface area contributed by atoms with Crippen LogP contribution < -0.4 is 0 Å². The molecule has 2 spiro atoms. The monoisotopic (exact) mass is 376 g/mol. The number of rotatable bonds is 0. The summed E-state index contributed by atoms with van der Waals surface area (Å²) in [5, 5.41) is 0. The molecule has 5 unspecified atom stereocenters. The summed E-state index contributed by atoms with van der Waals surface area (Å²) in [5.41, 5.74) is 0.899. The lowest BCUT2D eigenvalue weighted by atomic mass is 9.43. The highest BCUT2D eigenvalue weighted by Gasteiger charge is 2.68. The maximum absolute atomic E-state index is 6.55. The van der Waals surface area contributed by atoms with Crippen LogP contribution in [0.15, 0.2) is 0 Å². The van der Waals surface area contributed by atoms with E-state index in [2.05, 4.69) is 13.8 Å². The van der Waals surface area contributed by atoms with Crippen molar-refractivity contribution < 1.29 is 18.9 Å². The van der Waals surface area contributed by atoms with Crippen LogP contribution in [0.25, 0.3) is 0 Å². The Labute approximate surface area is 163 Å². The van der Waals surface area contributed by atoms with Gasteiger partial charge in [0.1, 0.15) is 0 Å². The molecule has 4 saturated carbocycles. The van der Waals surface area contributed by atoms with E-state index >= 15 is 0 Å². The first kappa shape index (κ1) is 17.7. The van der Waals surface area contributed by atoms with Gasteiger partial charge in [0, 0.05) is 25.2 Å². The molecule has 4 heteroatoms. The molecule has 6 fully saturated rings. The van der Waals surface area contributed by atoms with Crippen LogP contribution in [0.4, 0.5) is 0 Å². The first-order valence-corrected chi connectivity index (χ1v) is 11.5. The zero-order valence-corrected chi connectivity index (χ0v) is 17.1. The van der Waals surface area contributed by atoms with Crippen molar-refractivity contribution in [1.82, 2.24) is 0 Å². The molecule has 2 heterocycles. The van der Waals surface area contributed by atoms with Gasteiger partial charge in [0.05, 0.1) is 26.4 Å². The van der Waals surface area contributed by atoms with Gasteiger partial charge in [-0.05, 0) is 60.7 Å². The lowest BCUT2D eigenvalue weighted by Crippen LogP contribution is -2.64. The smallest absolute Gasteiger partial charge is 0.172 e. The number of hydrogen-bond donors (Lipinski definition) is 0. The summed E-state index contributed by atoms with van der Waals surface area (Å²) >= 11 is 0. The summed E-state index contributed by atoms with van der Waals surface area (Å²) in [6.07, 6.45) is 11.3. The van der Waals surface area contributed by atoms with Crippen LogP contribution in [0.5, 0.6) is 0 Å². The molecule has 4 aliphatic carbocycles. The van der Waals surface area contributed by atoms with E-state index in [9.17, 15) is 0 Å². The Hall–Kier alpha value is -0.160. The molecule has 0 N–H and O–H groups in total. The van der Waals surface area contributed by atoms with Crippen LogP contribution in [0.3, 0.4) is 0 Å². The third-order valence-corrected chi connectivity index (χ3v) is 10.1. The molecular weight excluding hydrogens is 340 g/mol. The van der Waals surface area contributed by atoms with E-state index in [0.717, 1.165) is 57.5 Å². The maximum Gasteiger partial charge on any atom is 0.172 e. The van der Waals surface area contributed by atoms with Crippen LogP contribution in [-0.2, 0) is 18.9 Å². The summed E-state index contributed by atoms with van der Waals surface area (Å²) < 4.78 is 25.4. The van der Waals surface area contributed by atoms with E-state index in [1.54, 1.807) is 0 Å². The second-order valence-electron chi connectivity index (χ2n) is 11.1. The molecule has 152 valence electrons. The van der Waals surface area contributed by atoms with E-state index in [-0.39, 0.29) is 11.6 Å².